The Morgan fingerprint density at radius 1 is 0.905 bits per heavy atom. The molecule has 0 aliphatic heterocycles. The lowest BCUT2D eigenvalue weighted by Crippen LogP contribution is -2.33. The average Bonchev–Trinajstić information content (AvgIpc) is 2.42. The minimum atomic E-state index is -2.06. The largest absolute Gasteiger partial charge is 0.466 e. The lowest BCUT2D eigenvalue weighted by atomic mass is 9.96. The van der Waals surface area contributed by atoms with Crippen LogP contribution < -0.4 is 0 Å². The molecule has 0 heterocycles. The molecule has 0 aromatic rings. The highest BCUT2D eigenvalue weighted by molar-refractivity contribution is 5.83. The maximum absolute atomic E-state index is 13.8. The highest BCUT2D eigenvalue weighted by Crippen LogP contribution is 2.23. The van der Waals surface area contributed by atoms with Crippen molar-refractivity contribution in [2.45, 2.75) is 76.3 Å². The third kappa shape index (κ3) is 7.19. The van der Waals surface area contributed by atoms with Crippen molar-refractivity contribution in [2.24, 2.45) is 0 Å². The molecule has 2 rings (SSSR count). The Kier molecular flexibility index (Phi) is 8.60. The molecule has 0 N–H and O–H groups in total. The van der Waals surface area contributed by atoms with Crippen LogP contribution in [-0.2, 0) is 9.53 Å². The molecule has 116 valence electrons. The molecule has 0 aromatic carbocycles. The first-order valence-corrected chi connectivity index (χ1v) is 7.92. The van der Waals surface area contributed by atoms with Gasteiger partial charge in [0.05, 0.1) is 7.11 Å². The zero-order valence-corrected chi connectivity index (χ0v) is 13.0. The van der Waals surface area contributed by atoms with E-state index in [2.05, 4.69) is 28.4 Å². The summed E-state index contributed by atoms with van der Waals surface area (Å²) < 4.78 is 18.1. The van der Waals surface area contributed by atoms with Crippen molar-refractivity contribution < 1.29 is 13.9 Å². The van der Waals surface area contributed by atoms with E-state index in [0.717, 1.165) is 25.7 Å². The quantitative estimate of drug-likeness (QED) is 0.535. The van der Waals surface area contributed by atoms with Gasteiger partial charge in [-0.25, -0.2) is 9.18 Å². The van der Waals surface area contributed by atoms with Crippen LogP contribution in [0.2, 0.25) is 0 Å². The zero-order chi connectivity index (χ0) is 15.4. The number of alkyl halides is 1. The Balaban J connectivity index is 0.000000235. The number of halogens is 1. The van der Waals surface area contributed by atoms with E-state index < -0.39 is 11.6 Å². The van der Waals surface area contributed by atoms with Gasteiger partial charge in [-0.1, -0.05) is 31.1 Å². The number of carbonyl (C=O) groups excluding carboxylic acids is 1. The summed E-state index contributed by atoms with van der Waals surface area (Å²) in [6.45, 7) is 0. The molecule has 21 heavy (non-hydrogen) atoms. The monoisotopic (exact) mass is 292 g/mol. The second-order valence-electron chi connectivity index (χ2n) is 5.42. The van der Waals surface area contributed by atoms with Gasteiger partial charge in [0.25, 0.3) is 5.67 Å². The minimum absolute atomic E-state index is 0.159. The first-order valence-electron chi connectivity index (χ1n) is 7.92. The molecule has 0 amide bonds. The lowest BCUT2D eigenvalue weighted by molar-refractivity contribution is -0.151. The Hall–Kier alpha value is -1.48. The highest BCUT2D eigenvalue weighted by Gasteiger charge is 2.37. The molecule has 3 heteroatoms. The van der Waals surface area contributed by atoms with Crippen LogP contribution in [0.3, 0.4) is 0 Å². The summed E-state index contributed by atoms with van der Waals surface area (Å²) in [6.07, 6.45) is 11.2. The Morgan fingerprint density at radius 2 is 1.43 bits per heavy atom. The van der Waals surface area contributed by atoms with E-state index in [9.17, 15) is 9.18 Å². The van der Waals surface area contributed by atoms with Crippen molar-refractivity contribution in [3.8, 4) is 23.7 Å². The number of hydrogen-bond donors (Lipinski definition) is 0. The standard InChI is InChI=1S/C10H13FO2.C8H12/c1-13-9(12)10(11)7-5-3-2-4-6-8-10;1-2-4-6-8-7-5-3-1/h2-5,7H2,1H3;1-6H2. The van der Waals surface area contributed by atoms with Crippen LogP contribution in [0.15, 0.2) is 0 Å². The summed E-state index contributed by atoms with van der Waals surface area (Å²) in [5.74, 6) is 10.4. The normalized spacial score (nSPS) is 24.9. The van der Waals surface area contributed by atoms with Crippen LogP contribution >= 0.6 is 0 Å². The fraction of sp³-hybridized carbons (Fsp3) is 0.722. The molecule has 0 radical (unpaired) electrons. The van der Waals surface area contributed by atoms with Crippen LogP contribution in [-0.4, -0.2) is 18.7 Å². The van der Waals surface area contributed by atoms with E-state index in [4.69, 9.17) is 0 Å². The number of esters is 1. The van der Waals surface area contributed by atoms with Crippen molar-refractivity contribution in [3.63, 3.8) is 0 Å². The van der Waals surface area contributed by atoms with Gasteiger partial charge in [-0.15, -0.1) is 11.8 Å². The van der Waals surface area contributed by atoms with Crippen LogP contribution in [0.5, 0.6) is 0 Å². The van der Waals surface area contributed by atoms with E-state index >= 15 is 0 Å². The van der Waals surface area contributed by atoms with E-state index in [1.165, 1.54) is 32.8 Å². The second kappa shape index (κ2) is 10.3. The molecule has 2 aliphatic rings. The first-order chi connectivity index (χ1) is 10.2. The third-order valence-electron chi connectivity index (χ3n) is 3.60. The van der Waals surface area contributed by atoms with Gasteiger partial charge in [0.15, 0.2) is 0 Å². The summed E-state index contributed by atoms with van der Waals surface area (Å²) in [6, 6.07) is 0. The van der Waals surface area contributed by atoms with Gasteiger partial charge in [0, 0.05) is 25.7 Å². The first kappa shape index (κ1) is 17.6. The maximum atomic E-state index is 13.8. The predicted octanol–water partition coefficient (Wildman–Crippen LogP) is 4.18. The van der Waals surface area contributed by atoms with Crippen LogP contribution in [0.25, 0.3) is 0 Å². The van der Waals surface area contributed by atoms with Crippen molar-refractivity contribution in [2.75, 3.05) is 7.11 Å². The molecule has 1 unspecified atom stereocenters. The number of hydrogen-bond acceptors (Lipinski definition) is 2. The van der Waals surface area contributed by atoms with E-state index in [1.807, 2.05) is 0 Å². The number of ether oxygens (including phenoxy) is 1. The summed E-state index contributed by atoms with van der Waals surface area (Å²) in [5, 5.41) is 0. The fourth-order valence-electron chi connectivity index (χ4n) is 2.30. The average molecular weight is 292 g/mol. The van der Waals surface area contributed by atoms with Crippen molar-refractivity contribution >= 4 is 5.97 Å². The predicted molar refractivity (Wildman–Crippen MR) is 82.2 cm³/mol. The number of rotatable bonds is 1. The molecule has 2 aliphatic carbocycles. The lowest BCUT2D eigenvalue weighted by Gasteiger charge is -2.17. The van der Waals surface area contributed by atoms with E-state index in [1.54, 1.807) is 0 Å². The Bertz CT molecular complexity index is 424. The van der Waals surface area contributed by atoms with Gasteiger partial charge in [-0.2, -0.15) is 0 Å². The fourth-order valence-corrected chi connectivity index (χ4v) is 2.30. The topological polar surface area (TPSA) is 26.3 Å². The molecule has 0 fully saturated rings. The van der Waals surface area contributed by atoms with Gasteiger partial charge < -0.3 is 4.74 Å². The van der Waals surface area contributed by atoms with Gasteiger partial charge in [0.2, 0.25) is 0 Å². The summed E-state index contributed by atoms with van der Waals surface area (Å²) >= 11 is 0. The SMILES string of the molecule is C1#CCCCCCC1.COC(=O)C1(F)C#CCCCCC1. The minimum Gasteiger partial charge on any atom is -0.466 e. The molecule has 2 nitrogen and oxygen atoms in total. The van der Waals surface area contributed by atoms with Crippen molar-refractivity contribution in [3.05, 3.63) is 0 Å². The smallest absolute Gasteiger partial charge is 0.356 e. The van der Waals surface area contributed by atoms with E-state index in [0.29, 0.717) is 12.8 Å². The molecule has 1 atom stereocenters. The summed E-state index contributed by atoms with van der Waals surface area (Å²) in [4.78, 5) is 11.1. The van der Waals surface area contributed by atoms with Crippen LogP contribution in [0.4, 0.5) is 4.39 Å². The van der Waals surface area contributed by atoms with E-state index in [-0.39, 0.29) is 6.42 Å². The van der Waals surface area contributed by atoms with Crippen molar-refractivity contribution in [1.82, 2.24) is 0 Å². The highest BCUT2D eigenvalue weighted by atomic mass is 19.1. The van der Waals surface area contributed by atoms with Crippen LogP contribution in [0.1, 0.15) is 70.6 Å². The van der Waals surface area contributed by atoms with Gasteiger partial charge in [-0.3, -0.25) is 0 Å². The molecular formula is C18H25FO2. The molecular weight excluding hydrogens is 267 g/mol. The maximum Gasteiger partial charge on any atom is 0.356 e. The number of methoxy groups -OCH3 is 1. The molecule has 0 spiro atoms. The second-order valence-corrected chi connectivity index (χ2v) is 5.42. The third-order valence-corrected chi connectivity index (χ3v) is 3.60. The van der Waals surface area contributed by atoms with Crippen molar-refractivity contribution in [1.29, 1.82) is 0 Å². The van der Waals surface area contributed by atoms with Gasteiger partial charge in [0.1, 0.15) is 0 Å². The Morgan fingerprint density at radius 3 is 2.00 bits per heavy atom. The summed E-state index contributed by atoms with van der Waals surface area (Å²) in [5.41, 5.74) is -2.06. The molecule has 0 saturated heterocycles. The van der Waals surface area contributed by atoms with Gasteiger partial charge >= 0.3 is 5.97 Å². The zero-order valence-electron chi connectivity index (χ0n) is 13.0. The Labute approximate surface area is 127 Å². The van der Waals surface area contributed by atoms with Gasteiger partial charge in [-0.05, 0) is 25.7 Å². The number of carbonyl (C=O) groups is 1. The molecule has 0 saturated carbocycles. The molecule has 0 aromatic heterocycles. The summed E-state index contributed by atoms with van der Waals surface area (Å²) in [7, 11) is 1.18. The van der Waals surface area contributed by atoms with Crippen LogP contribution in [0, 0.1) is 23.7 Å². The molecule has 0 bridgehead atoms.